The van der Waals surface area contributed by atoms with Crippen molar-refractivity contribution in [1.82, 2.24) is 19.8 Å². The molecule has 3 aliphatic rings. The Labute approximate surface area is 278 Å². The molecule has 47 heavy (non-hydrogen) atoms. The molecule has 3 atom stereocenters. The Morgan fingerprint density at radius 1 is 1.34 bits per heavy atom. The molecule has 0 aliphatic carbocycles. The molecule has 2 N–H and O–H groups in total. The SMILES string of the molecule is C=CC(=O)N1CCC(N(C)c2nc(OCC34CCCN3CC(F)C4)nc3c(F)c(-c4ccc(F)c5sc(N)c(C#N)c45)c(Cl)cc23)C1. The summed E-state index contributed by atoms with van der Waals surface area (Å²) in [7, 11) is 1.80. The topological polar surface area (TPSA) is 112 Å². The summed E-state index contributed by atoms with van der Waals surface area (Å²) in [6.07, 6.45) is 2.97. The Morgan fingerprint density at radius 2 is 2.15 bits per heavy atom. The average molecular weight is 682 g/mol. The fourth-order valence-corrected chi connectivity index (χ4v) is 8.70. The van der Waals surface area contributed by atoms with Crippen molar-refractivity contribution in [2.24, 2.45) is 0 Å². The Balaban J connectivity index is 1.37. The number of thiophene rings is 1. The Hall–Kier alpha value is -4.12. The number of nitrogen functional groups attached to an aromatic ring is 1. The highest BCUT2D eigenvalue weighted by Crippen LogP contribution is 2.46. The van der Waals surface area contributed by atoms with Gasteiger partial charge in [0, 0.05) is 55.5 Å². The Morgan fingerprint density at radius 3 is 2.91 bits per heavy atom. The van der Waals surface area contributed by atoms with Crippen molar-refractivity contribution < 1.29 is 22.7 Å². The van der Waals surface area contributed by atoms with Crippen LogP contribution in [0.1, 0.15) is 31.2 Å². The van der Waals surface area contributed by atoms with Crippen LogP contribution in [0, 0.1) is 23.0 Å². The van der Waals surface area contributed by atoms with E-state index >= 15 is 4.39 Å². The van der Waals surface area contributed by atoms with Gasteiger partial charge < -0.3 is 20.3 Å². The van der Waals surface area contributed by atoms with Crippen molar-refractivity contribution in [3.8, 4) is 23.2 Å². The van der Waals surface area contributed by atoms with E-state index in [1.165, 1.54) is 18.2 Å². The molecule has 14 heteroatoms. The maximum Gasteiger partial charge on any atom is 0.319 e. The van der Waals surface area contributed by atoms with E-state index in [0.717, 1.165) is 30.7 Å². The molecule has 2 aromatic heterocycles. The third kappa shape index (κ3) is 5.14. The number of aromatic nitrogens is 2. The average Bonchev–Trinajstić information content (AvgIpc) is 3.82. The molecular weight excluding hydrogens is 651 g/mol. The number of hydrogen-bond donors (Lipinski definition) is 1. The van der Waals surface area contributed by atoms with Crippen LogP contribution in [-0.4, -0.2) is 83.3 Å². The number of halogens is 4. The van der Waals surface area contributed by atoms with Gasteiger partial charge in [-0.15, -0.1) is 11.3 Å². The first-order chi connectivity index (χ1) is 22.5. The van der Waals surface area contributed by atoms with Gasteiger partial charge in [-0.1, -0.05) is 24.2 Å². The van der Waals surface area contributed by atoms with Gasteiger partial charge in [0.25, 0.3) is 0 Å². The number of likely N-dealkylation sites (tertiary alicyclic amines) is 1. The molecule has 4 aromatic rings. The summed E-state index contributed by atoms with van der Waals surface area (Å²) < 4.78 is 52.6. The third-order valence-electron chi connectivity index (χ3n) is 9.80. The quantitative estimate of drug-likeness (QED) is 0.234. The van der Waals surface area contributed by atoms with Crippen molar-refractivity contribution in [2.45, 2.75) is 43.4 Å². The summed E-state index contributed by atoms with van der Waals surface area (Å²) in [4.78, 5) is 27.2. The summed E-state index contributed by atoms with van der Waals surface area (Å²) in [5.41, 5.74) is 5.62. The number of rotatable bonds is 7. The van der Waals surface area contributed by atoms with Gasteiger partial charge in [0.2, 0.25) is 5.91 Å². The number of likely N-dealkylation sites (N-methyl/N-ethyl adjacent to an activating group) is 1. The minimum Gasteiger partial charge on any atom is -0.461 e. The lowest BCUT2D eigenvalue weighted by molar-refractivity contribution is -0.125. The molecule has 9 nitrogen and oxygen atoms in total. The smallest absolute Gasteiger partial charge is 0.319 e. The van der Waals surface area contributed by atoms with E-state index in [4.69, 9.17) is 27.1 Å². The summed E-state index contributed by atoms with van der Waals surface area (Å²) in [6.45, 7) is 5.75. The zero-order chi connectivity index (χ0) is 33.2. The standard InChI is InChI=1S/C33H31ClF3N7O2S/c1-3-24(45)43-10-7-18(15-43)42(2)31-20-11-22(34)26(19-5-6-23(36)29-25(19)21(13-38)30(39)47-29)27(37)28(20)40-32(41-31)46-16-33-8-4-9-44(33)14-17(35)12-33/h3,5-6,11,17-18H,1,4,7-10,12,14-16,39H2,2H3. The Kier molecular flexibility index (Phi) is 7.93. The number of carbonyl (C=O) groups is 1. The van der Waals surface area contributed by atoms with Crippen LogP contribution in [0.2, 0.25) is 5.02 Å². The number of amides is 1. The lowest BCUT2D eigenvalue weighted by Gasteiger charge is -2.31. The van der Waals surface area contributed by atoms with Crippen LogP contribution in [-0.2, 0) is 4.79 Å². The fraction of sp³-hybridized carbons (Fsp3) is 0.394. The van der Waals surface area contributed by atoms with Crippen molar-refractivity contribution >= 4 is 60.7 Å². The van der Waals surface area contributed by atoms with Gasteiger partial charge in [-0.25, -0.2) is 13.2 Å². The zero-order valence-corrected chi connectivity index (χ0v) is 27.1. The minimum atomic E-state index is -0.958. The van der Waals surface area contributed by atoms with Gasteiger partial charge in [0.1, 0.15) is 41.0 Å². The van der Waals surface area contributed by atoms with Crippen LogP contribution in [0.25, 0.3) is 32.1 Å². The predicted molar refractivity (Wildman–Crippen MR) is 177 cm³/mol. The number of fused-ring (bicyclic) bond motifs is 3. The summed E-state index contributed by atoms with van der Waals surface area (Å²) in [6, 6.07) is 5.86. The van der Waals surface area contributed by atoms with E-state index in [0.29, 0.717) is 43.7 Å². The summed E-state index contributed by atoms with van der Waals surface area (Å²) in [5.74, 6) is -1.25. The molecule has 2 aromatic carbocycles. The molecule has 3 unspecified atom stereocenters. The number of alkyl halides is 1. The summed E-state index contributed by atoms with van der Waals surface area (Å²) in [5, 5.41) is 10.4. The first-order valence-corrected chi connectivity index (χ1v) is 16.5. The number of anilines is 2. The van der Waals surface area contributed by atoms with Crippen molar-refractivity contribution in [2.75, 3.05) is 50.5 Å². The number of benzene rings is 2. The number of nitrogens with zero attached hydrogens (tertiary/aromatic N) is 6. The molecule has 5 heterocycles. The molecule has 0 bridgehead atoms. The lowest BCUT2D eigenvalue weighted by atomic mass is 9.95. The molecule has 0 radical (unpaired) electrons. The molecule has 3 aliphatic heterocycles. The first kappa shape index (κ1) is 31.5. The van der Waals surface area contributed by atoms with E-state index in [2.05, 4.69) is 16.5 Å². The van der Waals surface area contributed by atoms with Gasteiger partial charge >= 0.3 is 6.01 Å². The minimum absolute atomic E-state index is 0.00111. The molecule has 7 rings (SSSR count). The van der Waals surface area contributed by atoms with Crippen LogP contribution in [0.4, 0.5) is 24.0 Å². The predicted octanol–water partition coefficient (Wildman–Crippen LogP) is 6.08. The molecule has 3 saturated heterocycles. The highest BCUT2D eigenvalue weighted by Gasteiger charge is 2.49. The van der Waals surface area contributed by atoms with E-state index in [-0.39, 0.29) is 66.9 Å². The van der Waals surface area contributed by atoms with Crippen LogP contribution in [0.5, 0.6) is 6.01 Å². The van der Waals surface area contributed by atoms with Crippen LogP contribution >= 0.6 is 22.9 Å². The highest BCUT2D eigenvalue weighted by molar-refractivity contribution is 7.23. The second-order valence-corrected chi connectivity index (χ2v) is 13.9. The second kappa shape index (κ2) is 11.8. The van der Waals surface area contributed by atoms with Gasteiger partial charge in [-0.2, -0.15) is 15.2 Å². The molecule has 1 amide bonds. The normalized spacial score (nSPS) is 22.6. The number of nitriles is 1. The number of hydrogen-bond acceptors (Lipinski definition) is 9. The monoisotopic (exact) mass is 681 g/mol. The Bertz CT molecular complexity index is 2000. The van der Waals surface area contributed by atoms with Gasteiger partial charge in [-0.05, 0) is 49.6 Å². The highest BCUT2D eigenvalue weighted by atomic mass is 35.5. The van der Waals surface area contributed by atoms with Crippen molar-refractivity contribution in [3.63, 3.8) is 0 Å². The molecule has 0 spiro atoms. The largest absolute Gasteiger partial charge is 0.461 e. The van der Waals surface area contributed by atoms with Gasteiger partial charge in [-0.3, -0.25) is 9.69 Å². The van der Waals surface area contributed by atoms with Crippen LogP contribution in [0.15, 0.2) is 30.9 Å². The number of nitrogens with two attached hydrogens (primary N) is 1. The van der Waals surface area contributed by atoms with Gasteiger partial charge in [0.05, 0.1) is 20.8 Å². The van der Waals surface area contributed by atoms with E-state index in [1.807, 2.05) is 11.0 Å². The van der Waals surface area contributed by atoms with Crippen molar-refractivity contribution in [3.05, 3.63) is 53.1 Å². The van der Waals surface area contributed by atoms with E-state index in [9.17, 15) is 18.8 Å². The zero-order valence-electron chi connectivity index (χ0n) is 25.5. The van der Waals surface area contributed by atoms with Crippen molar-refractivity contribution in [1.29, 1.82) is 5.26 Å². The van der Waals surface area contributed by atoms with Crippen LogP contribution in [0.3, 0.4) is 0 Å². The molecular formula is C33H31ClF3N7O2S. The number of carbonyl (C=O) groups excluding carboxylic acids is 1. The third-order valence-corrected chi connectivity index (χ3v) is 11.1. The summed E-state index contributed by atoms with van der Waals surface area (Å²) >= 11 is 7.72. The molecule has 0 saturated carbocycles. The number of ether oxygens (including phenoxy) is 1. The maximum atomic E-state index is 16.9. The van der Waals surface area contributed by atoms with E-state index < -0.39 is 23.3 Å². The maximum absolute atomic E-state index is 16.9. The van der Waals surface area contributed by atoms with Crippen LogP contribution < -0.4 is 15.4 Å². The second-order valence-electron chi connectivity index (χ2n) is 12.4. The molecule has 244 valence electrons. The van der Waals surface area contributed by atoms with E-state index in [1.54, 1.807) is 18.0 Å². The first-order valence-electron chi connectivity index (χ1n) is 15.3. The molecule has 3 fully saturated rings. The van der Waals surface area contributed by atoms with Gasteiger partial charge in [0.15, 0.2) is 5.82 Å². The lowest BCUT2D eigenvalue weighted by Crippen LogP contribution is -2.43. The fourth-order valence-electron chi connectivity index (χ4n) is 7.46.